The largest absolute Gasteiger partial charge is 0.479 e. The van der Waals surface area contributed by atoms with Crippen LogP contribution in [0, 0.1) is 0 Å². The molecule has 0 radical (unpaired) electrons. The summed E-state index contributed by atoms with van der Waals surface area (Å²) in [5.41, 5.74) is 0. The predicted molar refractivity (Wildman–Crippen MR) is 62.5 cm³/mol. The van der Waals surface area contributed by atoms with Crippen molar-refractivity contribution in [3.8, 4) is 0 Å². The van der Waals surface area contributed by atoms with E-state index in [0.29, 0.717) is 24.0 Å². The van der Waals surface area contributed by atoms with Crippen LogP contribution < -0.4 is 0 Å². The van der Waals surface area contributed by atoms with Crippen LogP contribution in [0.15, 0.2) is 0 Å². The van der Waals surface area contributed by atoms with E-state index in [1.165, 1.54) is 11.8 Å². The highest BCUT2D eigenvalue weighted by atomic mass is 32.2. The molecule has 0 aliphatic heterocycles. The molecule has 0 aromatic rings. The van der Waals surface area contributed by atoms with Gasteiger partial charge < -0.3 is 9.47 Å². The number of esters is 1. The molecule has 3 nitrogen and oxygen atoms in total. The zero-order chi connectivity index (χ0) is 10.8. The molecular weight excluding hydrogens is 220 g/mol. The quantitative estimate of drug-likeness (QED) is 0.402. The Balaban J connectivity index is 3.28. The summed E-state index contributed by atoms with van der Waals surface area (Å²) in [6.07, 6.45) is 1.23. The molecule has 5 heteroatoms. The van der Waals surface area contributed by atoms with Gasteiger partial charge in [-0.15, -0.1) is 0 Å². The van der Waals surface area contributed by atoms with Crippen LogP contribution in [-0.2, 0) is 14.3 Å². The Kier molecular flexibility index (Phi) is 9.08. The Hall–Kier alpha value is -0.290. The lowest BCUT2D eigenvalue weighted by Crippen LogP contribution is -2.04. The Labute approximate surface area is 94.5 Å². The Bertz CT molecular complexity index is 163. The molecule has 0 rings (SSSR count). The van der Waals surface area contributed by atoms with E-state index in [2.05, 4.69) is 0 Å². The highest BCUT2D eigenvalue weighted by Crippen LogP contribution is 2.09. The lowest BCUT2D eigenvalue weighted by molar-refractivity contribution is -0.143. The minimum atomic E-state index is -0.143. The van der Waals surface area contributed by atoms with Crippen molar-refractivity contribution < 1.29 is 14.3 Å². The van der Waals surface area contributed by atoms with E-state index in [1.54, 1.807) is 6.92 Å². The van der Waals surface area contributed by atoms with Crippen molar-refractivity contribution >= 4 is 34.3 Å². The van der Waals surface area contributed by atoms with Gasteiger partial charge in [-0.05, 0) is 32.5 Å². The SMILES string of the molecule is CCOC(=O)CCCSC(=S)OCC. The average Bonchev–Trinajstić information content (AvgIpc) is 2.13. The van der Waals surface area contributed by atoms with Gasteiger partial charge in [-0.1, -0.05) is 11.8 Å². The number of thioether (sulfide) groups is 1. The maximum Gasteiger partial charge on any atom is 0.305 e. The molecule has 0 atom stereocenters. The Morgan fingerprint density at radius 3 is 2.50 bits per heavy atom. The lowest BCUT2D eigenvalue weighted by Gasteiger charge is -2.03. The number of hydrogen-bond donors (Lipinski definition) is 0. The second kappa shape index (κ2) is 9.27. The minimum absolute atomic E-state index is 0.143. The molecule has 0 aromatic carbocycles. The maximum atomic E-state index is 10.9. The second-order valence-corrected chi connectivity index (χ2v) is 4.14. The zero-order valence-corrected chi connectivity index (χ0v) is 10.2. The van der Waals surface area contributed by atoms with Crippen molar-refractivity contribution in [1.29, 1.82) is 0 Å². The third-order valence-electron chi connectivity index (χ3n) is 1.31. The molecule has 0 bridgehead atoms. The predicted octanol–water partition coefficient (Wildman–Crippen LogP) is 2.38. The first-order chi connectivity index (χ1) is 6.70. The average molecular weight is 236 g/mol. The minimum Gasteiger partial charge on any atom is -0.479 e. The normalized spacial score (nSPS) is 9.57. The van der Waals surface area contributed by atoms with E-state index < -0.39 is 0 Å². The molecule has 0 aromatic heterocycles. The van der Waals surface area contributed by atoms with Crippen molar-refractivity contribution in [1.82, 2.24) is 0 Å². The maximum absolute atomic E-state index is 10.9. The molecule has 0 aliphatic rings. The van der Waals surface area contributed by atoms with Crippen LogP contribution in [-0.4, -0.2) is 29.3 Å². The fourth-order valence-electron chi connectivity index (χ4n) is 0.765. The van der Waals surface area contributed by atoms with E-state index in [0.717, 1.165) is 12.2 Å². The molecule has 0 aliphatic carbocycles. The van der Waals surface area contributed by atoms with E-state index in [4.69, 9.17) is 21.7 Å². The topological polar surface area (TPSA) is 35.5 Å². The fourth-order valence-corrected chi connectivity index (χ4v) is 1.79. The van der Waals surface area contributed by atoms with E-state index in [-0.39, 0.29) is 5.97 Å². The van der Waals surface area contributed by atoms with Crippen LogP contribution >= 0.6 is 24.0 Å². The number of hydrogen-bond acceptors (Lipinski definition) is 5. The third-order valence-corrected chi connectivity index (χ3v) is 2.63. The summed E-state index contributed by atoms with van der Waals surface area (Å²) < 4.78 is 10.4. The van der Waals surface area contributed by atoms with Crippen LogP contribution in [0.2, 0.25) is 0 Å². The smallest absolute Gasteiger partial charge is 0.305 e. The number of rotatable bonds is 6. The van der Waals surface area contributed by atoms with Gasteiger partial charge in [0.15, 0.2) is 0 Å². The summed E-state index contributed by atoms with van der Waals surface area (Å²) in [5.74, 6) is 0.660. The Morgan fingerprint density at radius 2 is 1.93 bits per heavy atom. The zero-order valence-electron chi connectivity index (χ0n) is 8.58. The standard InChI is InChI=1S/C9H16O3S2/c1-3-11-8(10)6-5-7-14-9(13)12-4-2/h3-7H2,1-2H3. The van der Waals surface area contributed by atoms with Gasteiger partial charge in [-0.25, -0.2) is 0 Å². The van der Waals surface area contributed by atoms with Crippen molar-refractivity contribution in [2.75, 3.05) is 19.0 Å². The first-order valence-electron chi connectivity index (χ1n) is 4.65. The number of ether oxygens (including phenoxy) is 2. The molecule has 0 heterocycles. The van der Waals surface area contributed by atoms with E-state index in [1.807, 2.05) is 6.92 Å². The van der Waals surface area contributed by atoms with Gasteiger partial charge in [0.2, 0.25) is 4.38 Å². The second-order valence-electron chi connectivity index (χ2n) is 2.44. The van der Waals surface area contributed by atoms with Crippen molar-refractivity contribution in [2.45, 2.75) is 26.7 Å². The molecule has 0 N–H and O–H groups in total. The summed E-state index contributed by atoms with van der Waals surface area (Å²) in [5, 5.41) is 0. The molecule has 82 valence electrons. The first-order valence-corrected chi connectivity index (χ1v) is 6.05. The summed E-state index contributed by atoms with van der Waals surface area (Å²) in [4.78, 5) is 10.9. The van der Waals surface area contributed by atoms with Crippen molar-refractivity contribution in [3.63, 3.8) is 0 Å². The lowest BCUT2D eigenvalue weighted by atomic mass is 10.3. The van der Waals surface area contributed by atoms with Crippen LogP contribution in [0.1, 0.15) is 26.7 Å². The number of thiocarbonyl (C=S) groups is 1. The first kappa shape index (κ1) is 13.7. The van der Waals surface area contributed by atoms with Gasteiger partial charge in [0.05, 0.1) is 13.2 Å². The monoisotopic (exact) mass is 236 g/mol. The molecule has 0 unspecified atom stereocenters. The third kappa shape index (κ3) is 8.31. The van der Waals surface area contributed by atoms with Gasteiger partial charge in [0, 0.05) is 12.2 Å². The van der Waals surface area contributed by atoms with E-state index >= 15 is 0 Å². The van der Waals surface area contributed by atoms with E-state index in [9.17, 15) is 4.79 Å². The van der Waals surface area contributed by atoms with Gasteiger partial charge >= 0.3 is 5.97 Å². The van der Waals surface area contributed by atoms with Gasteiger partial charge in [-0.3, -0.25) is 4.79 Å². The molecule has 0 saturated heterocycles. The van der Waals surface area contributed by atoms with Gasteiger partial charge in [-0.2, -0.15) is 0 Å². The van der Waals surface area contributed by atoms with Crippen LogP contribution in [0.4, 0.5) is 0 Å². The summed E-state index contributed by atoms with van der Waals surface area (Å²) in [7, 11) is 0. The highest BCUT2D eigenvalue weighted by molar-refractivity contribution is 8.22. The highest BCUT2D eigenvalue weighted by Gasteiger charge is 2.02. The molecule has 0 fully saturated rings. The molecule has 14 heavy (non-hydrogen) atoms. The molecule has 0 amide bonds. The molecule has 0 spiro atoms. The summed E-state index contributed by atoms with van der Waals surface area (Å²) in [6.45, 7) is 4.75. The molecular formula is C9H16O3S2. The van der Waals surface area contributed by atoms with Crippen molar-refractivity contribution in [3.05, 3.63) is 0 Å². The number of carbonyl (C=O) groups is 1. The van der Waals surface area contributed by atoms with Crippen LogP contribution in [0.3, 0.4) is 0 Å². The van der Waals surface area contributed by atoms with Crippen molar-refractivity contribution in [2.24, 2.45) is 0 Å². The van der Waals surface area contributed by atoms with Crippen LogP contribution in [0.25, 0.3) is 0 Å². The fraction of sp³-hybridized carbons (Fsp3) is 0.778. The molecule has 0 saturated carbocycles. The summed E-state index contributed by atoms with van der Waals surface area (Å²) >= 11 is 6.37. The Morgan fingerprint density at radius 1 is 1.29 bits per heavy atom. The number of carbonyl (C=O) groups excluding carboxylic acids is 1. The van der Waals surface area contributed by atoms with Gasteiger partial charge in [0.25, 0.3) is 0 Å². The van der Waals surface area contributed by atoms with Gasteiger partial charge in [0.1, 0.15) is 0 Å². The summed E-state index contributed by atoms with van der Waals surface area (Å²) in [6, 6.07) is 0. The van der Waals surface area contributed by atoms with Crippen LogP contribution in [0.5, 0.6) is 0 Å².